The third-order valence-electron chi connectivity index (χ3n) is 4.35. The molecule has 0 bridgehead atoms. The van der Waals surface area contributed by atoms with Gasteiger partial charge in [-0.1, -0.05) is 60.7 Å². The molecule has 0 saturated heterocycles. The zero-order valence-electron chi connectivity index (χ0n) is 12.8. The maximum absolute atomic E-state index is 9.64. The predicted molar refractivity (Wildman–Crippen MR) is 96.3 cm³/mol. The van der Waals surface area contributed by atoms with E-state index in [1.54, 1.807) is 0 Å². The summed E-state index contributed by atoms with van der Waals surface area (Å²) < 4.78 is 0. The SMILES string of the molecule is N#Cc1ccc2ccccc2c1-c1c(C#N)ccc2ccccc12. The Morgan fingerprint density at radius 2 is 0.917 bits per heavy atom. The molecule has 4 aromatic rings. The van der Waals surface area contributed by atoms with Crippen molar-refractivity contribution in [3.8, 4) is 23.3 Å². The molecule has 0 aromatic heterocycles. The number of hydrogen-bond donors (Lipinski definition) is 0. The monoisotopic (exact) mass is 304 g/mol. The Bertz CT molecular complexity index is 1080. The molecule has 0 aliphatic rings. The van der Waals surface area contributed by atoms with Crippen molar-refractivity contribution in [2.24, 2.45) is 0 Å². The second kappa shape index (κ2) is 5.54. The lowest BCUT2D eigenvalue weighted by Gasteiger charge is -2.14. The maximum atomic E-state index is 9.64. The van der Waals surface area contributed by atoms with Crippen LogP contribution in [0.25, 0.3) is 32.7 Å². The minimum atomic E-state index is 0.585. The van der Waals surface area contributed by atoms with Gasteiger partial charge < -0.3 is 0 Å². The van der Waals surface area contributed by atoms with E-state index in [0.29, 0.717) is 11.1 Å². The van der Waals surface area contributed by atoms with Crippen LogP contribution in [0.5, 0.6) is 0 Å². The molecule has 0 N–H and O–H groups in total. The first-order valence-electron chi connectivity index (χ1n) is 7.67. The van der Waals surface area contributed by atoms with Gasteiger partial charge in [-0.05, 0) is 33.7 Å². The first-order valence-corrected chi connectivity index (χ1v) is 7.67. The van der Waals surface area contributed by atoms with Crippen LogP contribution in [0.3, 0.4) is 0 Å². The Balaban J connectivity index is 2.26. The summed E-state index contributed by atoms with van der Waals surface area (Å²) in [4.78, 5) is 0. The zero-order chi connectivity index (χ0) is 16.5. The Morgan fingerprint density at radius 1 is 0.500 bits per heavy atom. The van der Waals surface area contributed by atoms with E-state index < -0.39 is 0 Å². The molecule has 2 heteroatoms. The molecule has 24 heavy (non-hydrogen) atoms. The number of nitriles is 2. The number of hydrogen-bond acceptors (Lipinski definition) is 2. The van der Waals surface area contributed by atoms with Crippen molar-refractivity contribution < 1.29 is 0 Å². The highest BCUT2D eigenvalue weighted by atomic mass is 14.3. The summed E-state index contributed by atoms with van der Waals surface area (Å²) in [5, 5.41) is 23.4. The number of nitrogens with zero attached hydrogens (tertiary/aromatic N) is 2. The Labute approximate surface area is 139 Å². The highest BCUT2D eigenvalue weighted by molar-refractivity contribution is 6.09. The second-order valence-corrected chi connectivity index (χ2v) is 5.64. The summed E-state index contributed by atoms with van der Waals surface area (Å²) in [5.41, 5.74) is 2.84. The van der Waals surface area contributed by atoms with Crippen LogP contribution < -0.4 is 0 Å². The number of fused-ring (bicyclic) bond motifs is 2. The summed E-state index contributed by atoms with van der Waals surface area (Å²) in [6, 6.07) is 28.1. The Hall–Kier alpha value is -3.62. The van der Waals surface area contributed by atoms with Crippen LogP contribution in [0.2, 0.25) is 0 Å². The van der Waals surface area contributed by atoms with E-state index in [9.17, 15) is 10.5 Å². The van der Waals surface area contributed by atoms with Gasteiger partial charge in [0.2, 0.25) is 0 Å². The molecule has 0 saturated carbocycles. The Morgan fingerprint density at radius 3 is 1.33 bits per heavy atom. The normalized spacial score (nSPS) is 10.4. The first-order chi connectivity index (χ1) is 11.8. The fourth-order valence-electron chi connectivity index (χ4n) is 3.27. The van der Waals surface area contributed by atoms with Crippen LogP contribution in [-0.2, 0) is 0 Å². The highest BCUT2D eigenvalue weighted by Gasteiger charge is 2.16. The second-order valence-electron chi connectivity index (χ2n) is 5.64. The van der Waals surface area contributed by atoms with E-state index in [0.717, 1.165) is 32.7 Å². The van der Waals surface area contributed by atoms with Gasteiger partial charge in [-0.2, -0.15) is 10.5 Å². The molecule has 0 heterocycles. The van der Waals surface area contributed by atoms with Gasteiger partial charge >= 0.3 is 0 Å². The van der Waals surface area contributed by atoms with Crippen molar-refractivity contribution >= 4 is 21.5 Å². The van der Waals surface area contributed by atoms with Gasteiger partial charge in [-0.3, -0.25) is 0 Å². The van der Waals surface area contributed by atoms with E-state index >= 15 is 0 Å². The third-order valence-corrected chi connectivity index (χ3v) is 4.35. The van der Waals surface area contributed by atoms with E-state index in [-0.39, 0.29) is 0 Å². The fraction of sp³-hybridized carbons (Fsp3) is 0. The lowest BCUT2D eigenvalue weighted by molar-refractivity contribution is 1.47. The van der Waals surface area contributed by atoms with Gasteiger partial charge in [0.05, 0.1) is 23.3 Å². The molecule has 0 aliphatic heterocycles. The van der Waals surface area contributed by atoms with Crippen LogP contribution >= 0.6 is 0 Å². The van der Waals surface area contributed by atoms with E-state index in [1.165, 1.54) is 0 Å². The van der Waals surface area contributed by atoms with Crippen molar-refractivity contribution in [2.45, 2.75) is 0 Å². The molecule has 0 amide bonds. The van der Waals surface area contributed by atoms with Crippen LogP contribution in [-0.4, -0.2) is 0 Å². The molecule has 0 unspecified atom stereocenters. The topological polar surface area (TPSA) is 47.6 Å². The maximum Gasteiger partial charge on any atom is 0.0998 e. The minimum Gasteiger partial charge on any atom is -0.192 e. The third kappa shape index (κ3) is 2.02. The lowest BCUT2D eigenvalue weighted by atomic mass is 9.88. The number of benzene rings is 4. The van der Waals surface area contributed by atoms with Crippen molar-refractivity contribution in [1.29, 1.82) is 10.5 Å². The van der Waals surface area contributed by atoms with Crippen molar-refractivity contribution in [1.82, 2.24) is 0 Å². The Kier molecular flexibility index (Phi) is 3.23. The fourth-order valence-corrected chi connectivity index (χ4v) is 3.27. The molecular weight excluding hydrogens is 292 g/mol. The van der Waals surface area contributed by atoms with Gasteiger partial charge in [-0.25, -0.2) is 0 Å². The van der Waals surface area contributed by atoms with E-state index in [2.05, 4.69) is 12.1 Å². The van der Waals surface area contributed by atoms with Crippen molar-refractivity contribution in [2.75, 3.05) is 0 Å². The molecule has 0 atom stereocenters. The van der Waals surface area contributed by atoms with Gasteiger partial charge in [-0.15, -0.1) is 0 Å². The van der Waals surface area contributed by atoms with Crippen molar-refractivity contribution in [3.05, 3.63) is 83.9 Å². The predicted octanol–water partition coefficient (Wildman–Crippen LogP) is 5.40. The molecule has 110 valence electrons. The lowest BCUT2D eigenvalue weighted by Crippen LogP contribution is -1.92. The average molecular weight is 304 g/mol. The van der Waals surface area contributed by atoms with Gasteiger partial charge in [0.1, 0.15) is 0 Å². The summed E-state index contributed by atoms with van der Waals surface area (Å²) in [7, 11) is 0. The average Bonchev–Trinajstić information content (AvgIpc) is 2.66. The van der Waals surface area contributed by atoms with Gasteiger partial charge in [0.15, 0.2) is 0 Å². The minimum absolute atomic E-state index is 0.585. The van der Waals surface area contributed by atoms with Crippen LogP contribution in [0, 0.1) is 22.7 Å². The molecular formula is C22H12N2. The number of rotatable bonds is 1. The van der Waals surface area contributed by atoms with Crippen LogP contribution in [0.1, 0.15) is 11.1 Å². The zero-order valence-corrected chi connectivity index (χ0v) is 12.8. The van der Waals surface area contributed by atoms with Gasteiger partial charge in [0.25, 0.3) is 0 Å². The molecule has 2 nitrogen and oxygen atoms in total. The smallest absolute Gasteiger partial charge is 0.0998 e. The molecule has 4 rings (SSSR count). The standard InChI is InChI=1S/C22H12N2/c23-13-17-11-9-15-5-1-3-7-19(15)21(17)22-18(14-24)12-10-16-6-2-4-8-20(16)22/h1-12H. The summed E-state index contributed by atoms with van der Waals surface area (Å²) in [5.74, 6) is 0. The quantitative estimate of drug-likeness (QED) is 0.472. The summed E-state index contributed by atoms with van der Waals surface area (Å²) in [6.07, 6.45) is 0. The van der Waals surface area contributed by atoms with Gasteiger partial charge in [0, 0.05) is 11.1 Å². The first kappa shape index (κ1) is 14.0. The molecule has 0 aliphatic carbocycles. The molecule has 4 aromatic carbocycles. The molecule has 0 fully saturated rings. The molecule has 0 spiro atoms. The summed E-state index contributed by atoms with van der Waals surface area (Å²) in [6.45, 7) is 0. The van der Waals surface area contributed by atoms with E-state index in [1.807, 2.05) is 72.8 Å². The largest absolute Gasteiger partial charge is 0.192 e. The highest BCUT2D eigenvalue weighted by Crippen LogP contribution is 2.38. The van der Waals surface area contributed by atoms with E-state index in [4.69, 9.17) is 0 Å². The van der Waals surface area contributed by atoms with Crippen molar-refractivity contribution in [3.63, 3.8) is 0 Å². The van der Waals surface area contributed by atoms with Crippen LogP contribution in [0.4, 0.5) is 0 Å². The molecule has 0 radical (unpaired) electrons. The summed E-state index contributed by atoms with van der Waals surface area (Å²) >= 11 is 0. The van der Waals surface area contributed by atoms with Crippen LogP contribution in [0.15, 0.2) is 72.8 Å².